The third kappa shape index (κ3) is 4.58. The summed E-state index contributed by atoms with van der Waals surface area (Å²) in [5.41, 5.74) is 12.8. The van der Waals surface area contributed by atoms with Gasteiger partial charge in [0, 0.05) is 6.54 Å². The van der Waals surface area contributed by atoms with Crippen molar-refractivity contribution in [3.63, 3.8) is 0 Å². The van der Waals surface area contributed by atoms with E-state index >= 15 is 0 Å². The molecule has 0 spiro atoms. The molecule has 0 fully saturated rings. The molecule has 0 aliphatic heterocycles. The van der Waals surface area contributed by atoms with E-state index in [1.165, 1.54) is 5.56 Å². The minimum Gasteiger partial charge on any atom is -0.477 e. The van der Waals surface area contributed by atoms with Crippen LogP contribution in [0.1, 0.15) is 18.1 Å². The van der Waals surface area contributed by atoms with Crippen LogP contribution in [0.4, 0.5) is 11.8 Å². The average molecular weight is 325 g/mol. The van der Waals surface area contributed by atoms with Gasteiger partial charge < -0.3 is 16.2 Å². The van der Waals surface area contributed by atoms with Crippen molar-refractivity contribution >= 4 is 17.7 Å². The fourth-order valence-electron chi connectivity index (χ4n) is 1.96. The van der Waals surface area contributed by atoms with E-state index in [1.54, 1.807) is 6.92 Å². The van der Waals surface area contributed by atoms with E-state index in [0.29, 0.717) is 13.2 Å². The van der Waals surface area contributed by atoms with Crippen molar-refractivity contribution in [2.45, 2.75) is 13.3 Å². The summed E-state index contributed by atoms with van der Waals surface area (Å²) in [6.45, 7) is 2.66. The number of nitrogens with one attached hydrogen (secondary N) is 1. The molecule has 0 radical (unpaired) electrons. The van der Waals surface area contributed by atoms with Gasteiger partial charge in [0.1, 0.15) is 6.07 Å². The number of rotatable bonds is 6. The van der Waals surface area contributed by atoms with Gasteiger partial charge in [0.15, 0.2) is 17.3 Å². The Bertz CT molecular complexity index is 753. The topological polar surface area (TPSA) is 135 Å². The van der Waals surface area contributed by atoms with E-state index in [9.17, 15) is 0 Å². The quantitative estimate of drug-likeness (QED) is 0.538. The van der Waals surface area contributed by atoms with Gasteiger partial charge >= 0.3 is 0 Å². The Morgan fingerprint density at radius 3 is 2.75 bits per heavy atom. The van der Waals surface area contributed by atoms with Crippen molar-refractivity contribution in [3.8, 4) is 11.9 Å². The second-order valence-electron chi connectivity index (χ2n) is 4.78. The predicted octanol–water partition coefficient (Wildman–Crippen LogP) is 1.30. The lowest BCUT2D eigenvalue weighted by Crippen LogP contribution is -2.25. The van der Waals surface area contributed by atoms with Gasteiger partial charge in [-0.3, -0.25) is 10.3 Å². The van der Waals surface area contributed by atoms with Crippen LogP contribution in [0, 0.1) is 11.3 Å². The molecule has 8 nitrogen and oxygen atoms in total. The molecule has 124 valence electrons. The number of nitrogen functional groups attached to an aromatic ring is 1. The number of nitriles is 1. The van der Waals surface area contributed by atoms with Crippen LogP contribution in [-0.4, -0.2) is 29.1 Å². The van der Waals surface area contributed by atoms with Gasteiger partial charge in [0.25, 0.3) is 0 Å². The van der Waals surface area contributed by atoms with E-state index in [-0.39, 0.29) is 29.2 Å². The van der Waals surface area contributed by atoms with Gasteiger partial charge in [-0.2, -0.15) is 15.2 Å². The van der Waals surface area contributed by atoms with E-state index in [0.717, 1.165) is 6.42 Å². The lowest BCUT2D eigenvalue weighted by molar-refractivity contribution is 0.326. The molecule has 24 heavy (non-hydrogen) atoms. The molecule has 0 saturated carbocycles. The molecule has 0 aliphatic rings. The maximum atomic E-state index is 9.06. The zero-order valence-corrected chi connectivity index (χ0v) is 13.4. The Morgan fingerprint density at radius 1 is 1.33 bits per heavy atom. The first-order valence-electron chi connectivity index (χ1n) is 7.45. The van der Waals surface area contributed by atoms with Crippen LogP contribution in [-0.2, 0) is 6.42 Å². The number of benzene rings is 1. The lowest BCUT2D eigenvalue weighted by atomic mass is 10.2. The minimum atomic E-state index is 0.0236. The van der Waals surface area contributed by atoms with Crippen molar-refractivity contribution in [1.29, 1.82) is 5.26 Å². The summed E-state index contributed by atoms with van der Waals surface area (Å²) in [7, 11) is 0. The SMILES string of the molecule is CCOc1nc(NC(N)=NCCc2ccccc2)nc(N)c1C#N. The molecule has 0 amide bonds. The Balaban J connectivity index is 2.04. The van der Waals surface area contributed by atoms with Gasteiger partial charge in [-0.05, 0) is 18.9 Å². The highest BCUT2D eigenvalue weighted by atomic mass is 16.5. The molecule has 2 rings (SSSR count). The van der Waals surface area contributed by atoms with Gasteiger partial charge in [-0.1, -0.05) is 30.3 Å². The number of aliphatic imine (C=N–C) groups is 1. The Labute approximate surface area is 140 Å². The first-order valence-corrected chi connectivity index (χ1v) is 7.45. The summed E-state index contributed by atoms with van der Waals surface area (Å²) >= 11 is 0. The molecule has 2 aromatic rings. The van der Waals surface area contributed by atoms with Gasteiger partial charge in [-0.15, -0.1) is 0 Å². The maximum Gasteiger partial charge on any atom is 0.238 e. The van der Waals surface area contributed by atoms with Crippen molar-refractivity contribution in [2.75, 3.05) is 24.2 Å². The number of aromatic nitrogens is 2. The van der Waals surface area contributed by atoms with Crippen LogP contribution in [0.3, 0.4) is 0 Å². The summed E-state index contributed by atoms with van der Waals surface area (Å²) in [5, 5.41) is 11.8. The number of ether oxygens (including phenoxy) is 1. The van der Waals surface area contributed by atoms with E-state index < -0.39 is 0 Å². The highest BCUT2D eigenvalue weighted by Crippen LogP contribution is 2.21. The molecule has 0 saturated heterocycles. The number of nitrogens with two attached hydrogens (primary N) is 2. The van der Waals surface area contributed by atoms with E-state index in [2.05, 4.69) is 20.3 Å². The predicted molar refractivity (Wildman–Crippen MR) is 92.6 cm³/mol. The molecule has 0 aliphatic carbocycles. The minimum absolute atomic E-state index is 0.0236. The Morgan fingerprint density at radius 2 is 2.08 bits per heavy atom. The van der Waals surface area contributed by atoms with Crippen LogP contribution in [0.5, 0.6) is 5.88 Å². The molecule has 8 heteroatoms. The standard InChI is InChI=1S/C16H19N7O/c1-2-24-14-12(10-17)13(18)21-16(22-14)23-15(19)20-9-8-11-6-4-3-5-7-11/h3-7H,2,8-9H2,1H3,(H5,18,19,20,21,22,23). The number of guanidine groups is 1. The first-order chi connectivity index (χ1) is 11.6. The number of nitrogens with zero attached hydrogens (tertiary/aromatic N) is 4. The summed E-state index contributed by atoms with van der Waals surface area (Å²) in [6, 6.07) is 11.9. The monoisotopic (exact) mass is 325 g/mol. The van der Waals surface area contributed by atoms with Crippen molar-refractivity contribution in [1.82, 2.24) is 9.97 Å². The number of hydrogen-bond acceptors (Lipinski definition) is 6. The highest BCUT2D eigenvalue weighted by Gasteiger charge is 2.13. The largest absolute Gasteiger partial charge is 0.477 e. The van der Waals surface area contributed by atoms with Crippen LogP contribution < -0.4 is 21.5 Å². The van der Waals surface area contributed by atoms with E-state index in [4.69, 9.17) is 21.5 Å². The van der Waals surface area contributed by atoms with Gasteiger partial charge in [-0.25, -0.2) is 0 Å². The third-order valence-corrected chi connectivity index (χ3v) is 3.06. The van der Waals surface area contributed by atoms with Gasteiger partial charge in [0.05, 0.1) is 6.61 Å². The molecule has 1 aromatic heterocycles. The first kappa shape index (κ1) is 17.0. The molecular weight excluding hydrogens is 306 g/mol. The Kier molecular flexibility index (Phi) is 5.91. The summed E-state index contributed by atoms with van der Waals surface area (Å²) in [6.07, 6.45) is 0.768. The highest BCUT2D eigenvalue weighted by molar-refractivity contribution is 5.90. The normalized spacial score (nSPS) is 10.9. The summed E-state index contributed by atoms with van der Waals surface area (Å²) in [5.74, 6) is 0.441. The number of hydrogen-bond donors (Lipinski definition) is 3. The summed E-state index contributed by atoms with van der Waals surface area (Å²) < 4.78 is 5.30. The zero-order chi connectivity index (χ0) is 17.4. The van der Waals surface area contributed by atoms with Crippen molar-refractivity contribution in [2.24, 2.45) is 10.7 Å². The smallest absolute Gasteiger partial charge is 0.238 e. The molecular formula is C16H19N7O. The van der Waals surface area contributed by atoms with Crippen LogP contribution >= 0.6 is 0 Å². The molecule has 0 bridgehead atoms. The van der Waals surface area contributed by atoms with Gasteiger partial charge in [0.2, 0.25) is 11.8 Å². The average Bonchev–Trinajstić information content (AvgIpc) is 2.56. The van der Waals surface area contributed by atoms with Crippen LogP contribution in [0.2, 0.25) is 0 Å². The molecule has 1 heterocycles. The molecule has 0 atom stereocenters. The zero-order valence-electron chi connectivity index (χ0n) is 13.4. The maximum absolute atomic E-state index is 9.06. The summed E-state index contributed by atoms with van der Waals surface area (Å²) in [4.78, 5) is 12.3. The fourth-order valence-corrected chi connectivity index (χ4v) is 1.96. The molecule has 0 unspecified atom stereocenters. The fraction of sp³-hybridized carbons (Fsp3) is 0.250. The second kappa shape index (κ2) is 8.33. The molecule has 5 N–H and O–H groups in total. The van der Waals surface area contributed by atoms with Crippen molar-refractivity contribution < 1.29 is 4.74 Å². The second-order valence-corrected chi connectivity index (χ2v) is 4.78. The van der Waals surface area contributed by atoms with Crippen LogP contribution in [0.15, 0.2) is 35.3 Å². The molecule has 1 aromatic carbocycles. The van der Waals surface area contributed by atoms with Crippen LogP contribution in [0.25, 0.3) is 0 Å². The van der Waals surface area contributed by atoms with Crippen molar-refractivity contribution in [3.05, 3.63) is 41.5 Å². The lowest BCUT2D eigenvalue weighted by Gasteiger charge is -2.09. The van der Waals surface area contributed by atoms with E-state index in [1.807, 2.05) is 36.4 Å². The number of anilines is 2. The Hall–Kier alpha value is -3.34. The third-order valence-electron chi connectivity index (χ3n) is 3.06.